The van der Waals surface area contributed by atoms with E-state index in [0.29, 0.717) is 21.5 Å². The Bertz CT molecular complexity index is 2410. The molecule has 0 aliphatic heterocycles. The molecule has 42 heavy (non-hydrogen) atoms. The number of halogens is 6. The van der Waals surface area contributed by atoms with Crippen LogP contribution in [0.25, 0.3) is 86.2 Å². The van der Waals surface area contributed by atoms with Crippen LogP contribution in [0.2, 0.25) is 0 Å². The van der Waals surface area contributed by atoms with Crippen molar-refractivity contribution in [2.75, 3.05) is 0 Å². The smallest absolute Gasteiger partial charge is 0.166 e. The molecule has 9 rings (SSSR count). The molecule has 0 aromatic heterocycles. The zero-order valence-electron chi connectivity index (χ0n) is 21.5. The van der Waals surface area contributed by atoms with Gasteiger partial charge in [0.1, 0.15) is 0 Å². The molecule has 0 radical (unpaired) electrons. The highest BCUT2D eigenvalue weighted by molar-refractivity contribution is 6.51. The Morgan fingerprint density at radius 2 is 0.690 bits per heavy atom. The third-order valence-electron chi connectivity index (χ3n) is 8.91. The second-order valence-corrected chi connectivity index (χ2v) is 11.1. The van der Waals surface area contributed by atoms with Crippen LogP contribution in [-0.4, -0.2) is 0 Å². The van der Waals surface area contributed by atoms with Gasteiger partial charge in [-0.3, -0.25) is 0 Å². The maximum absolute atomic E-state index is 13.9. The monoisotopic (exact) mass is 562 g/mol. The summed E-state index contributed by atoms with van der Waals surface area (Å²) in [6, 6.07) is 27.1. The molecule has 0 N–H and O–H groups in total. The van der Waals surface area contributed by atoms with Crippen LogP contribution in [-0.2, 0) is 12.4 Å². The third-order valence-corrected chi connectivity index (χ3v) is 8.91. The lowest BCUT2D eigenvalue weighted by Crippen LogP contribution is -2.03. The summed E-state index contributed by atoms with van der Waals surface area (Å²) in [5.74, 6) is 0. The average molecular weight is 563 g/mol. The highest BCUT2D eigenvalue weighted by Crippen LogP contribution is 2.54. The number of alkyl halides is 6. The van der Waals surface area contributed by atoms with E-state index >= 15 is 0 Å². The van der Waals surface area contributed by atoms with Crippen LogP contribution in [0.3, 0.4) is 0 Å². The summed E-state index contributed by atoms with van der Waals surface area (Å²) in [4.78, 5) is 0. The van der Waals surface area contributed by atoms with Crippen LogP contribution >= 0.6 is 0 Å². The van der Waals surface area contributed by atoms with Crippen LogP contribution < -0.4 is 0 Å². The van der Waals surface area contributed by atoms with Gasteiger partial charge in [-0.2, -0.15) is 26.3 Å². The number of benzene rings is 7. The zero-order valence-corrected chi connectivity index (χ0v) is 21.5. The number of hydrogen-bond donors (Lipinski definition) is 0. The SMILES string of the molecule is FC(F)(F)c1ccc2c(c1)c1c3ccccc3cc3c4c5ccc(C(F)(F)F)cc5c5c6ccccc6cc(c2c31)c54. The molecule has 9 aromatic carbocycles. The van der Waals surface area contributed by atoms with Gasteiger partial charge in [-0.15, -0.1) is 0 Å². The molecular weight excluding hydrogens is 546 g/mol. The molecule has 0 atom stereocenters. The normalized spacial score (nSPS) is 13.5. The summed E-state index contributed by atoms with van der Waals surface area (Å²) in [7, 11) is 0. The van der Waals surface area contributed by atoms with E-state index in [1.807, 2.05) is 60.7 Å². The molecule has 0 heterocycles. The topological polar surface area (TPSA) is 0 Å². The molecule has 202 valence electrons. The first kappa shape index (κ1) is 23.8. The van der Waals surface area contributed by atoms with Crippen LogP contribution in [0.1, 0.15) is 11.1 Å². The van der Waals surface area contributed by atoms with Gasteiger partial charge < -0.3 is 0 Å². The van der Waals surface area contributed by atoms with Gasteiger partial charge >= 0.3 is 12.4 Å². The molecule has 0 aliphatic rings. The van der Waals surface area contributed by atoms with Gasteiger partial charge in [0.2, 0.25) is 0 Å². The van der Waals surface area contributed by atoms with Crippen molar-refractivity contribution >= 4 is 86.2 Å². The van der Waals surface area contributed by atoms with Crippen molar-refractivity contribution in [1.82, 2.24) is 0 Å². The van der Waals surface area contributed by atoms with E-state index in [1.54, 1.807) is 12.1 Å². The van der Waals surface area contributed by atoms with Gasteiger partial charge in [0, 0.05) is 0 Å². The maximum Gasteiger partial charge on any atom is 0.416 e. The molecular formula is C36H16F6. The Morgan fingerprint density at radius 1 is 0.310 bits per heavy atom. The lowest BCUT2D eigenvalue weighted by Gasteiger charge is -2.11. The lowest BCUT2D eigenvalue weighted by molar-refractivity contribution is -0.138. The fourth-order valence-corrected chi connectivity index (χ4v) is 7.29. The molecule has 0 fully saturated rings. The summed E-state index contributed by atoms with van der Waals surface area (Å²) < 4.78 is 83.7. The van der Waals surface area contributed by atoms with E-state index in [0.717, 1.165) is 76.8 Å². The van der Waals surface area contributed by atoms with Crippen LogP contribution in [0.4, 0.5) is 26.3 Å². The van der Waals surface area contributed by atoms with Gasteiger partial charge in [-0.25, -0.2) is 0 Å². The minimum absolute atomic E-state index is 0.517. The molecule has 0 bridgehead atoms. The predicted octanol–water partition coefficient (Wildman–Crippen LogP) is 11.8. The Balaban J connectivity index is 1.66. The Kier molecular flexibility index (Phi) is 4.26. The fraction of sp³-hybridized carbons (Fsp3) is 0.0556. The third kappa shape index (κ3) is 2.89. The van der Waals surface area contributed by atoms with E-state index in [2.05, 4.69) is 0 Å². The number of hydrogen-bond acceptors (Lipinski definition) is 0. The highest BCUT2D eigenvalue weighted by Gasteiger charge is 2.33. The fourth-order valence-electron chi connectivity index (χ4n) is 7.29. The Morgan fingerprint density at radius 3 is 1.10 bits per heavy atom. The van der Waals surface area contributed by atoms with Crippen molar-refractivity contribution in [2.45, 2.75) is 12.4 Å². The van der Waals surface area contributed by atoms with Crippen LogP contribution in [0.5, 0.6) is 0 Å². The molecule has 9 aromatic rings. The van der Waals surface area contributed by atoms with Crippen molar-refractivity contribution in [3.8, 4) is 0 Å². The average Bonchev–Trinajstić information content (AvgIpc) is 3.49. The highest BCUT2D eigenvalue weighted by atomic mass is 19.4. The van der Waals surface area contributed by atoms with Crippen molar-refractivity contribution in [1.29, 1.82) is 0 Å². The van der Waals surface area contributed by atoms with E-state index in [1.165, 1.54) is 12.1 Å². The molecule has 0 aliphatic carbocycles. The van der Waals surface area contributed by atoms with E-state index in [4.69, 9.17) is 0 Å². The Hall–Kier alpha value is -4.84. The van der Waals surface area contributed by atoms with Crippen LogP contribution in [0.15, 0.2) is 97.1 Å². The first-order valence-corrected chi connectivity index (χ1v) is 13.4. The number of rotatable bonds is 0. The quantitative estimate of drug-likeness (QED) is 0.127. The van der Waals surface area contributed by atoms with Crippen molar-refractivity contribution < 1.29 is 26.3 Å². The Labute approximate surface area is 233 Å². The summed E-state index contributed by atoms with van der Waals surface area (Å²) >= 11 is 0. The van der Waals surface area contributed by atoms with Gasteiger partial charge in [-0.05, 0) is 123 Å². The second kappa shape index (κ2) is 7.51. The molecule has 0 spiro atoms. The van der Waals surface area contributed by atoms with Crippen LogP contribution in [0, 0.1) is 0 Å². The van der Waals surface area contributed by atoms with E-state index in [9.17, 15) is 26.3 Å². The number of fused-ring (bicyclic) bond motifs is 12. The molecule has 0 saturated heterocycles. The van der Waals surface area contributed by atoms with Crippen molar-refractivity contribution in [3.05, 3.63) is 108 Å². The summed E-state index contributed by atoms with van der Waals surface area (Å²) in [6.45, 7) is 0. The minimum Gasteiger partial charge on any atom is -0.166 e. The summed E-state index contributed by atoms with van der Waals surface area (Å²) in [5.41, 5.74) is -1.44. The molecule has 0 amide bonds. The summed E-state index contributed by atoms with van der Waals surface area (Å²) in [6.07, 6.45) is -9.02. The molecule has 0 saturated carbocycles. The molecule has 0 unspecified atom stereocenters. The van der Waals surface area contributed by atoms with Gasteiger partial charge in [0.25, 0.3) is 0 Å². The largest absolute Gasteiger partial charge is 0.416 e. The van der Waals surface area contributed by atoms with Crippen molar-refractivity contribution in [2.24, 2.45) is 0 Å². The molecule has 0 nitrogen and oxygen atoms in total. The molecule has 6 heteroatoms. The maximum atomic E-state index is 13.9. The predicted molar refractivity (Wildman–Crippen MR) is 159 cm³/mol. The first-order chi connectivity index (χ1) is 20.1. The summed E-state index contributed by atoms with van der Waals surface area (Å²) in [5, 5.41) is 12.2. The minimum atomic E-state index is -4.51. The first-order valence-electron chi connectivity index (χ1n) is 13.4. The standard InChI is InChI=1S/C36H16F6/c37-35(38,39)19-9-11-23-25(15-19)29-21-7-3-1-5-17(21)13-27-31-24-12-10-20(36(40,41)42)16-26(24)30-22-8-4-2-6-18(22)14-28(34(30)31)32(23)33(27)29/h1-16H. The van der Waals surface area contributed by atoms with Gasteiger partial charge in [0.15, 0.2) is 0 Å². The van der Waals surface area contributed by atoms with Crippen molar-refractivity contribution in [3.63, 3.8) is 0 Å². The van der Waals surface area contributed by atoms with E-state index in [-0.39, 0.29) is 0 Å². The van der Waals surface area contributed by atoms with Gasteiger partial charge in [0.05, 0.1) is 11.1 Å². The lowest BCUT2D eigenvalue weighted by atomic mass is 9.91. The van der Waals surface area contributed by atoms with Gasteiger partial charge in [-0.1, -0.05) is 60.7 Å². The zero-order chi connectivity index (χ0) is 28.7. The van der Waals surface area contributed by atoms with E-state index < -0.39 is 23.5 Å². The second-order valence-electron chi connectivity index (χ2n) is 11.1.